The van der Waals surface area contributed by atoms with Crippen LogP contribution in [-0.2, 0) is 0 Å². The molecule has 0 amide bonds. The summed E-state index contributed by atoms with van der Waals surface area (Å²) in [6.07, 6.45) is 3.04. The second-order valence-corrected chi connectivity index (χ2v) is 8.00. The van der Waals surface area contributed by atoms with E-state index in [-0.39, 0.29) is 0 Å². The highest BCUT2D eigenvalue weighted by Crippen LogP contribution is 2.32. The van der Waals surface area contributed by atoms with Gasteiger partial charge in [0.25, 0.3) is 0 Å². The normalized spacial score (nSPS) is 20.5. The number of benzene rings is 1. The van der Waals surface area contributed by atoms with E-state index in [0.29, 0.717) is 18.9 Å². The SMILES string of the molecule is COc1ccc(-c2nnc(N3CCC(N4CCC(F)CC4)CC3)s2)cc1. The van der Waals surface area contributed by atoms with Crippen LogP contribution in [0.1, 0.15) is 25.7 Å². The third kappa shape index (κ3) is 3.83. The summed E-state index contributed by atoms with van der Waals surface area (Å²) in [5, 5.41) is 10.7. The van der Waals surface area contributed by atoms with Crippen molar-refractivity contribution in [1.29, 1.82) is 0 Å². The van der Waals surface area contributed by atoms with Crippen LogP contribution < -0.4 is 9.64 Å². The molecule has 1 aromatic heterocycles. The maximum absolute atomic E-state index is 13.3. The lowest BCUT2D eigenvalue weighted by Crippen LogP contribution is -2.48. The van der Waals surface area contributed by atoms with Crippen LogP contribution in [0.25, 0.3) is 10.6 Å². The maximum Gasteiger partial charge on any atom is 0.208 e. The number of piperidine rings is 2. The number of halogens is 1. The Balaban J connectivity index is 1.35. The van der Waals surface area contributed by atoms with Crippen molar-refractivity contribution in [2.75, 3.05) is 38.2 Å². The fourth-order valence-corrected chi connectivity index (χ4v) is 4.75. The average Bonchev–Trinajstić information content (AvgIpc) is 3.19. The number of methoxy groups -OCH3 is 1. The molecule has 5 nitrogen and oxygen atoms in total. The van der Waals surface area contributed by atoms with Crippen LogP contribution in [0.4, 0.5) is 9.52 Å². The monoisotopic (exact) mass is 376 g/mol. The Kier molecular flexibility index (Phi) is 5.36. The van der Waals surface area contributed by atoms with E-state index in [0.717, 1.165) is 60.5 Å². The minimum Gasteiger partial charge on any atom is -0.497 e. The minimum atomic E-state index is -0.593. The molecule has 3 heterocycles. The Bertz CT molecular complexity index is 707. The first kappa shape index (κ1) is 17.7. The third-order valence-corrected chi connectivity index (χ3v) is 6.49. The van der Waals surface area contributed by atoms with Gasteiger partial charge >= 0.3 is 0 Å². The van der Waals surface area contributed by atoms with E-state index >= 15 is 0 Å². The van der Waals surface area contributed by atoms with Gasteiger partial charge in [-0.1, -0.05) is 11.3 Å². The van der Waals surface area contributed by atoms with Crippen molar-refractivity contribution in [3.63, 3.8) is 0 Å². The summed E-state index contributed by atoms with van der Waals surface area (Å²) >= 11 is 1.64. The van der Waals surface area contributed by atoms with Crippen LogP contribution in [0, 0.1) is 0 Å². The van der Waals surface area contributed by atoms with Gasteiger partial charge in [-0.3, -0.25) is 0 Å². The van der Waals surface area contributed by atoms with Gasteiger partial charge in [0.2, 0.25) is 5.13 Å². The lowest BCUT2D eigenvalue weighted by molar-refractivity contribution is 0.0981. The van der Waals surface area contributed by atoms with Crippen LogP contribution in [-0.4, -0.2) is 60.6 Å². The number of anilines is 1. The van der Waals surface area contributed by atoms with Gasteiger partial charge in [0.15, 0.2) is 0 Å². The summed E-state index contributed by atoms with van der Waals surface area (Å²) < 4.78 is 18.5. The Hall–Kier alpha value is -1.73. The Morgan fingerprint density at radius 1 is 1.00 bits per heavy atom. The zero-order valence-corrected chi connectivity index (χ0v) is 15.9. The van der Waals surface area contributed by atoms with Gasteiger partial charge in [0.1, 0.15) is 16.9 Å². The van der Waals surface area contributed by atoms with E-state index in [2.05, 4.69) is 20.0 Å². The topological polar surface area (TPSA) is 41.5 Å². The summed E-state index contributed by atoms with van der Waals surface area (Å²) in [6, 6.07) is 8.52. The number of ether oxygens (including phenoxy) is 1. The van der Waals surface area contributed by atoms with E-state index in [1.807, 2.05) is 24.3 Å². The van der Waals surface area contributed by atoms with Crippen molar-refractivity contribution in [2.24, 2.45) is 0 Å². The van der Waals surface area contributed by atoms with Crippen molar-refractivity contribution in [2.45, 2.75) is 37.9 Å². The summed E-state index contributed by atoms with van der Waals surface area (Å²) in [5.74, 6) is 0.845. The number of alkyl halides is 1. The number of hydrogen-bond acceptors (Lipinski definition) is 6. The van der Waals surface area contributed by atoms with E-state index in [1.165, 1.54) is 0 Å². The zero-order valence-electron chi connectivity index (χ0n) is 15.1. The highest BCUT2D eigenvalue weighted by Gasteiger charge is 2.29. The molecule has 2 aliphatic heterocycles. The molecule has 4 rings (SSSR count). The van der Waals surface area contributed by atoms with Crippen LogP contribution in [0.5, 0.6) is 5.75 Å². The van der Waals surface area contributed by atoms with Gasteiger partial charge in [0, 0.05) is 37.8 Å². The van der Waals surface area contributed by atoms with Crippen LogP contribution in [0.3, 0.4) is 0 Å². The van der Waals surface area contributed by atoms with Gasteiger partial charge < -0.3 is 14.5 Å². The first-order valence-electron chi connectivity index (χ1n) is 9.34. The fourth-order valence-electron chi connectivity index (χ4n) is 3.85. The molecule has 7 heteroatoms. The molecule has 0 bridgehead atoms. The largest absolute Gasteiger partial charge is 0.497 e. The smallest absolute Gasteiger partial charge is 0.208 e. The van der Waals surface area contributed by atoms with Gasteiger partial charge in [-0.05, 0) is 49.9 Å². The second-order valence-electron chi connectivity index (χ2n) is 7.05. The number of nitrogens with zero attached hydrogens (tertiary/aromatic N) is 4. The molecule has 0 N–H and O–H groups in total. The summed E-state index contributed by atoms with van der Waals surface area (Å²) in [4.78, 5) is 4.82. The first-order valence-corrected chi connectivity index (χ1v) is 10.2. The molecule has 2 saturated heterocycles. The summed E-state index contributed by atoms with van der Waals surface area (Å²) in [5.41, 5.74) is 1.07. The van der Waals surface area contributed by atoms with Crippen LogP contribution in [0.2, 0.25) is 0 Å². The molecule has 2 aliphatic rings. The summed E-state index contributed by atoms with van der Waals surface area (Å²) in [6.45, 7) is 3.81. The molecule has 0 unspecified atom stereocenters. The average molecular weight is 377 g/mol. The first-order chi connectivity index (χ1) is 12.7. The molecular weight excluding hydrogens is 351 g/mol. The molecule has 1 aromatic carbocycles. The second kappa shape index (κ2) is 7.88. The molecule has 2 aromatic rings. The molecule has 26 heavy (non-hydrogen) atoms. The highest BCUT2D eigenvalue weighted by molar-refractivity contribution is 7.18. The predicted molar refractivity (Wildman–Crippen MR) is 103 cm³/mol. The molecule has 0 atom stereocenters. The highest BCUT2D eigenvalue weighted by atomic mass is 32.1. The van der Waals surface area contributed by atoms with Crippen molar-refractivity contribution < 1.29 is 9.13 Å². The quantitative estimate of drug-likeness (QED) is 0.815. The number of likely N-dealkylation sites (tertiary alicyclic amines) is 1. The molecule has 140 valence electrons. The molecule has 0 radical (unpaired) electrons. The summed E-state index contributed by atoms with van der Waals surface area (Å²) in [7, 11) is 1.67. The van der Waals surface area contributed by atoms with Crippen molar-refractivity contribution >= 4 is 16.5 Å². The van der Waals surface area contributed by atoms with Crippen LogP contribution in [0.15, 0.2) is 24.3 Å². The molecular formula is C19H25FN4OS. The zero-order chi connectivity index (χ0) is 17.9. The fraction of sp³-hybridized carbons (Fsp3) is 0.579. The minimum absolute atomic E-state index is 0.590. The van der Waals surface area contributed by atoms with Gasteiger partial charge in [0.05, 0.1) is 7.11 Å². The Morgan fingerprint density at radius 3 is 2.35 bits per heavy atom. The molecule has 0 spiro atoms. The Morgan fingerprint density at radius 2 is 1.69 bits per heavy atom. The molecule has 0 aliphatic carbocycles. The van der Waals surface area contributed by atoms with E-state index in [4.69, 9.17) is 4.74 Å². The molecule has 0 saturated carbocycles. The maximum atomic E-state index is 13.3. The molecule has 2 fully saturated rings. The van der Waals surface area contributed by atoms with Gasteiger partial charge in [-0.25, -0.2) is 4.39 Å². The Labute approximate surface area is 157 Å². The lowest BCUT2D eigenvalue weighted by Gasteiger charge is -2.40. The van der Waals surface area contributed by atoms with Gasteiger partial charge in [-0.15, -0.1) is 10.2 Å². The van der Waals surface area contributed by atoms with Gasteiger partial charge in [-0.2, -0.15) is 0 Å². The van der Waals surface area contributed by atoms with Crippen molar-refractivity contribution in [3.8, 4) is 16.3 Å². The van der Waals surface area contributed by atoms with E-state index < -0.39 is 6.17 Å². The third-order valence-electron chi connectivity index (χ3n) is 5.46. The van der Waals surface area contributed by atoms with Crippen molar-refractivity contribution in [1.82, 2.24) is 15.1 Å². The van der Waals surface area contributed by atoms with Crippen LogP contribution >= 0.6 is 11.3 Å². The lowest BCUT2D eigenvalue weighted by atomic mass is 10.00. The predicted octanol–water partition coefficient (Wildman–Crippen LogP) is 3.62. The standard InChI is InChI=1S/C19H25FN4OS/c1-25-17-4-2-14(3-5-17)18-21-22-19(26-18)24-12-8-16(9-13-24)23-10-6-15(20)7-11-23/h2-5,15-16H,6-13H2,1H3. The van der Waals surface area contributed by atoms with E-state index in [9.17, 15) is 4.39 Å². The number of aromatic nitrogens is 2. The number of rotatable bonds is 4. The van der Waals surface area contributed by atoms with Crippen molar-refractivity contribution in [3.05, 3.63) is 24.3 Å². The van der Waals surface area contributed by atoms with E-state index in [1.54, 1.807) is 18.4 Å². The number of hydrogen-bond donors (Lipinski definition) is 0.